The zero-order valence-electron chi connectivity index (χ0n) is 10.1. The second-order valence-corrected chi connectivity index (χ2v) is 5.16. The molecule has 1 aromatic heterocycles. The highest BCUT2D eigenvalue weighted by atomic mass is 35.5. The van der Waals surface area contributed by atoms with Gasteiger partial charge in [-0.05, 0) is 49.0 Å². The van der Waals surface area contributed by atoms with Gasteiger partial charge < -0.3 is 4.98 Å². The second kappa shape index (κ2) is 4.47. The van der Waals surface area contributed by atoms with Gasteiger partial charge in [0.25, 0.3) is 0 Å². The van der Waals surface area contributed by atoms with Crippen LogP contribution in [-0.2, 0) is 0 Å². The molecule has 0 atom stereocenters. The van der Waals surface area contributed by atoms with Crippen molar-refractivity contribution in [3.8, 4) is 5.69 Å². The number of para-hydroxylation sites is 1. The van der Waals surface area contributed by atoms with E-state index in [2.05, 4.69) is 4.98 Å². The Labute approximate surface area is 119 Å². The Bertz CT molecular complexity index is 815. The van der Waals surface area contributed by atoms with E-state index in [1.54, 1.807) is 22.8 Å². The minimum absolute atomic E-state index is 0.308. The number of fused-ring (bicyclic) bond motifs is 1. The largest absolute Gasteiger partial charge is 0.330 e. The first-order valence-corrected chi connectivity index (χ1v) is 6.52. The topological polar surface area (TPSA) is 20.7 Å². The summed E-state index contributed by atoms with van der Waals surface area (Å²) in [6.45, 7) is 1.85. The predicted octanol–water partition coefficient (Wildman–Crippen LogP) is 4.79. The highest BCUT2D eigenvalue weighted by molar-refractivity contribution is 7.71. The minimum atomic E-state index is -0.308. The zero-order valence-corrected chi connectivity index (χ0v) is 11.6. The SMILES string of the molecule is Cc1cccc(F)c1-n1c(=S)[nH]c2ccc(Cl)cc21. The molecular formula is C14H10ClFN2S. The summed E-state index contributed by atoms with van der Waals surface area (Å²) < 4.78 is 16.2. The monoisotopic (exact) mass is 292 g/mol. The first-order valence-electron chi connectivity index (χ1n) is 5.73. The average molecular weight is 293 g/mol. The summed E-state index contributed by atoms with van der Waals surface area (Å²) in [6.07, 6.45) is 0. The van der Waals surface area contributed by atoms with E-state index in [0.717, 1.165) is 16.6 Å². The van der Waals surface area contributed by atoms with Crippen LogP contribution in [0.4, 0.5) is 4.39 Å². The van der Waals surface area contributed by atoms with Crippen molar-refractivity contribution < 1.29 is 4.39 Å². The Morgan fingerprint density at radius 3 is 2.79 bits per heavy atom. The van der Waals surface area contributed by atoms with Gasteiger partial charge in [-0.2, -0.15) is 0 Å². The van der Waals surface area contributed by atoms with E-state index in [4.69, 9.17) is 23.8 Å². The first-order chi connectivity index (χ1) is 9.08. The number of H-pyrrole nitrogens is 1. The van der Waals surface area contributed by atoms with Crippen LogP contribution in [0.2, 0.25) is 5.02 Å². The maximum atomic E-state index is 14.1. The molecule has 2 nitrogen and oxygen atoms in total. The summed E-state index contributed by atoms with van der Waals surface area (Å²) in [5, 5.41) is 0.587. The molecule has 2 aromatic carbocycles. The van der Waals surface area contributed by atoms with Crippen molar-refractivity contribution in [2.45, 2.75) is 6.92 Å². The summed E-state index contributed by atoms with van der Waals surface area (Å²) in [4.78, 5) is 3.06. The van der Waals surface area contributed by atoms with Gasteiger partial charge in [0.2, 0.25) is 0 Å². The molecule has 1 N–H and O–H groups in total. The van der Waals surface area contributed by atoms with E-state index < -0.39 is 0 Å². The fourth-order valence-corrected chi connectivity index (χ4v) is 2.67. The summed E-state index contributed by atoms with van der Waals surface area (Å²) in [6, 6.07) is 10.3. The lowest BCUT2D eigenvalue weighted by molar-refractivity contribution is 0.617. The fraction of sp³-hybridized carbons (Fsp3) is 0.0714. The molecule has 3 aromatic rings. The molecule has 0 aliphatic rings. The number of halogens is 2. The van der Waals surface area contributed by atoms with Gasteiger partial charge in [0.05, 0.1) is 16.7 Å². The van der Waals surface area contributed by atoms with Gasteiger partial charge in [0, 0.05) is 5.02 Å². The normalized spacial score (nSPS) is 11.1. The van der Waals surface area contributed by atoms with Gasteiger partial charge in [-0.3, -0.25) is 4.57 Å². The van der Waals surface area contributed by atoms with Gasteiger partial charge in [-0.15, -0.1) is 0 Å². The number of rotatable bonds is 1. The molecule has 0 unspecified atom stereocenters. The Balaban J connectivity index is 2.46. The molecule has 1 heterocycles. The van der Waals surface area contributed by atoms with Crippen LogP contribution in [-0.4, -0.2) is 9.55 Å². The maximum Gasteiger partial charge on any atom is 0.182 e. The van der Waals surface area contributed by atoms with Gasteiger partial charge in [-0.1, -0.05) is 23.7 Å². The molecule has 0 aliphatic heterocycles. The van der Waals surface area contributed by atoms with E-state index in [1.807, 2.05) is 19.1 Å². The molecule has 0 saturated heterocycles. The lowest BCUT2D eigenvalue weighted by atomic mass is 10.2. The van der Waals surface area contributed by atoms with Crippen LogP contribution < -0.4 is 0 Å². The van der Waals surface area contributed by atoms with E-state index in [-0.39, 0.29) is 5.82 Å². The van der Waals surface area contributed by atoms with Gasteiger partial charge in [-0.25, -0.2) is 4.39 Å². The van der Waals surface area contributed by atoms with Gasteiger partial charge in [0.15, 0.2) is 4.77 Å². The van der Waals surface area contributed by atoms with Crippen LogP contribution in [0.3, 0.4) is 0 Å². The highest BCUT2D eigenvalue weighted by Crippen LogP contribution is 2.26. The molecule has 0 amide bonds. The number of nitrogens with zero attached hydrogens (tertiary/aromatic N) is 1. The third-order valence-corrected chi connectivity index (χ3v) is 3.58. The summed E-state index contributed by atoms with van der Waals surface area (Å²) >= 11 is 11.3. The minimum Gasteiger partial charge on any atom is -0.330 e. The lowest BCUT2D eigenvalue weighted by Gasteiger charge is -2.09. The number of imidazole rings is 1. The van der Waals surface area contributed by atoms with Crippen molar-refractivity contribution in [3.63, 3.8) is 0 Å². The summed E-state index contributed by atoms with van der Waals surface area (Å²) in [5.74, 6) is -0.308. The van der Waals surface area contributed by atoms with Crippen LogP contribution in [0.25, 0.3) is 16.7 Å². The smallest absolute Gasteiger partial charge is 0.182 e. The third kappa shape index (κ3) is 1.97. The van der Waals surface area contributed by atoms with Crippen LogP contribution in [0.5, 0.6) is 0 Å². The van der Waals surface area contributed by atoms with Crippen molar-refractivity contribution >= 4 is 34.9 Å². The van der Waals surface area contributed by atoms with Gasteiger partial charge >= 0.3 is 0 Å². The molecule has 3 rings (SSSR count). The first kappa shape index (κ1) is 12.4. The van der Waals surface area contributed by atoms with Crippen LogP contribution >= 0.6 is 23.8 Å². The summed E-state index contributed by atoms with van der Waals surface area (Å²) in [5.41, 5.74) is 2.88. The Morgan fingerprint density at radius 1 is 1.26 bits per heavy atom. The third-order valence-electron chi connectivity index (χ3n) is 3.06. The van der Waals surface area contributed by atoms with E-state index >= 15 is 0 Å². The standard InChI is InChI=1S/C14H10ClFN2S/c1-8-3-2-4-10(16)13(8)18-12-7-9(15)5-6-11(12)17-14(18)19/h2-7H,1H3,(H,17,19). The molecule has 19 heavy (non-hydrogen) atoms. The Hall–Kier alpha value is -1.65. The van der Waals surface area contributed by atoms with Crippen molar-refractivity contribution in [1.29, 1.82) is 0 Å². The Morgan fingerprint density at radius 2 is 2.05 bits per heavy atom. The molecule has 0 saturated carbocycles. The molecular weight excluding hydrogens is 283 g/mol. The van der Waals surface area contributed by atoms with E-state index in [0.29, 0.717) is 15.5 Å². The molecule has 0 aliphatic carbocycles. The van der Waals surface area contributed by atoms with E-state index in [9.17, 15) is 4.39 Å². The van der Waals surface area contributed by atoms with E-state index in [1.165, 1.54) is 6.07 Å². The van der Waals surface area contributed by atoms with Crippen LogP contribution in [0, 0.1) is 17.5 Å². The quantitative estimate of drug-likeness (QED) is 0.640. The highest BCUT2D eigenvalue weighted by Gasteiger charge is 2.13. The molecule has 0 bridgehead atoms. The number of hydrogen-bond donors (Lipinski definition) is 1. The number of aromatic nitrogens is 2. The number of aryl methyl sites for hydroxylation is 1. The van der Waals surface area contributed by atoms with Crippen molar-refractivity contribution in [2.75, 3.05) is 0 Å². The van der Waals surface area contributed by atoms with Gasteiger partial charge in [0.1, 0.15) is 5.82 Å². The average Bonchev–Trinajstić information content (AvgIpc) is 2.66. The number of hydrogen-bond acceptors (Lipinski definition) is 1. The zero-order chi connectivity index (χ0) is 13.6. The molecule has 0 radical (unpaired) electrons. The molecule has 5 heteroatoms. The van der Waals surface area contributed by atoms with Crippen molar-refractivity contribution in [3.05, 3.63) is 57.6 Å². The predicted molar refractivity (Wildman–Crippen MR) is 78.2 cm³/mol. The number of aromatic amines is 1. The van der Waals surface area contributed by atoms with Crippen LogP contribution in [0.15, 0.2) is 36.4 Å². The second-order valence-electron chi connectivity index (χ2n) is 4.33. The summed E-state index contributed by atoms with van der Waals surface area (Å²) in [7, 11) is 0. The lowest BCUT2D eigenvalue weighted by Crippen LogP contribution is -2.00. The molecule has 96 valence electrons. The Kier molecular flexibility index (Phi) is 2.92. The van der Waals surface area contributed by atoms with Crippen molar-refractivity contribution in [1.82, 2.24) is 9.55 Å². The van der Waals surface area contributed by atoms with Crippen LogP contribution in [0.1, 0.15) is 5.56 Å². The molecule has 0 fully saturated rings. The molecule has 0 spiro atoms. The number of nitrogens with one attached hydrogen (secondary N) is 1. The fourth-order valence-electron chi connectivity index (χ4n) is 2.20. The number of benzene rings is 2. The maximum absolute atomic E-state index is 14.1. The van der Waals surface area contributed by atoms with Crippen molar-refractivity contribution in [2.24, 2.45) is 0 Å².